The minimum absolute atomic E-state index is 0.0478. The lowest BCUT2D eigenvalue weighted by atomic mass is 10.2. The molecule has 23 heavy (non-hydrogen) atoms. The zero-order valence-electron chi connectivity index (χ0n) is 12.9. The summed E-state index contributed by atoms with van der Waals surface area (Å²) < 4.78 is 5.26. The normalized spacial score (nSPS) is 11.6. The van der Waals surface area contributed by atoms with E-state index in [1.807, 2.05) is 25.1 Å². The minimum Gasteiger partial charge on any atom is -0.449 e. The van der Waals surface area contributed by atoms with Crippen LogP contribution in [0.3, 0.4) is 0 Å². The molecule has 1 unspecified atom stereocenters. The number of esters is 1. The highest BCUT2D eigenvalue weighted by molar-refractivity contribution is 6.32. The average Bonchev–Trinajstić information content (AvgIpc) is 2.54. The SMILES string of the molecule is CCC(OC(=O)c1cccnc1Cl)C(=O)Nc1ccccc1C. The summed E-state index contributed by atoms with van der Waals surface area (Å²) in [6.07, 6.45) is 0.918. The smallest absolute Gasteiger partial charge is 0.342 e. The van der Waals surface area contributed by atoms with Crippen molar-refractivity contribution in [1.82, 2.24) is 4.98 Å². The summed E-state index contributed by atoms with van der Waals surface area (Å²) in [5.74, 6) is -1.05. The largest absolute Gasteiger partial charge is 0.449 e. The molecule has 0 aliphatic rings. The number of nitrogens with one attached hydrogen (secondary N) is 1. The number of rotatable bonds is 5. The van der Waals surface area contributed by atoms with Gasteiger partial charge in [-0.25, -0.2) is 9.78 Å². The molecular formula is C17H17ClN2O3. The van der Waals surface area contributed by atoms with Gasteiger partial charge in [0.1, 0.15) is 5.15 Å². The molecule has 0 radical (unpaired) electrons. The maximum Gasteiger partial charge on any atom is 0.342 e. The molecule has 1 atom stereocenters. The lowest BCUT2D eigenvalue weighted by Gasteiger charge is -2.17. The van der Waals surface area contributed by atoms with Crippen LogP contribution in [0.2, 0.25) is 5.15 Å². The second-order valence-corrected chi connectivity index (χ2v) is 5.31. The van der Waals surface area contributed by atoms with E-state index >= 15 is 0 Å². The maximum atomic E-state index is 12.3. The summed E-state index contributed by atoms with van der Waals surface area (Å²) >= 11 is 5.86. The number of nitrogens with zero attached hydrogens (tertiary/aromatic N) is 1. The summed E-state index contributed by atoms with van der Waals surface area (Å²) in [6.45, 7) is 3.65. The quantitative estimate of drug-likeness (QED) is 0.670. The van der Waals surface area contributed by atoms with Gasteiger partial charge < -0.3 is 10.1 Å². The van der Waals surface area contributed by atoms with Gasteiger partial charge in [-0.2, -0.15) is 0 Å². The number of benzene rings is 1. The number of carbonyl (C=O) groups is 2. The maximum absolute atomic E-state index is 12.3. The molecule has 1 amide bonds. The third-order valence-corrected chi connectivity index (χ3v) is 3.60. The fourth-order valence-corrected chi connectivity index (χ4v) is 2.18. The van der Waals surface area contributed by atoms with Crippen molar-refractivity contribution in [2.24, 2.45) is 0 Å². The number of anilines is 1. The van der Waals surface area contributed by atoms with Crippen molar-refractivity contribution in [3.8, 4) is 0 Å². The molecule has 6 heteroatoms. The van der Waals surface area contributed by atoms with Crippen molar-refractivity contribution < 1.29 is 14.3 Å². The first kappa shape index (κ1) is 17.0. The lowest BCUT2D eigenvalue weighted by molar-refractivity contribution is -0.124. The lowest BCUT2D eigenvalue weighted by Crippen LogP contribution is -2.32. The number of ether oxygens (including phenoxy) is 1. The van der Waals surface area contributed by atoms with Crippen LogP contribution in [0, 0.1) is 6.92 Å². The molecule has 1 aromatic heterocycles. The zero-order chi connectivity index (χ0) is 16.8. The Morgan fingerprint density at radius 2 is 2.00 bits per heavy atom. The van der Waals surface area contributed by atoms with Gasteiger partial charge in [0.2, 0.25) is 0 Å². The fraction of sp³-hybridized carbons (Fsp3) is 0.235. The van der Waals surface area contributed by atoms with E-state index in [1.54, 1.807) is 19.1 Å². The summed E-state index contributed by atoms with van der Waals surface area (Å²) in [4.78, 5) is 28.3. The number of aryl methyl sites for hydroxylation is 1. The van der Waals surface area contributed by atoms with Gasteiger partial charge in [0, 0.05) is 11.9 Å². The Bertz CT molecular complexity index is 718. The Hall–Kier alpha value is -2.40. The van der Waals surface area contributed by atoms with Gasteiger partial charge in [-0.3, -0.25) is 4.79 Å². The molecular weight excluding hydrogens is 316 g/mol. The first-order valence-corrected chi connectivity index (χ1v) is 7.58. The number of carbonyl (C=O) groups excluding carboxylic acids is 2. The molecule has 5 nitrogen and oxygen atoms in total. The summed E-state index contributed by atoms with van der Waals surface area (Å²) in [6, 6.07) is 10.5. The van der Waals surface area contributed by atoms with E-state index in [2.05, 4.69) is 10.3 Å². The van der Waals surface area contributed by atoms with Crippen LogP contribution in [0.5, 0.6) is 0 Å². The van der Waals surface area contributed by atoms with Crippen molar-refractivity contribution in [1.29, 1.82) is 0 Å². The number of para-hydroxylation sites is 1. The molecule has 1 aromatic carbocycles. The first-order valence-electron chi connectivity index (χ1n) is 7.21. The number of hydrogen-bond donors (Lipinski definition) is 1. The van der Waals surface area contributed by atoms with Crippen LogP contribution < -0.4 is 5.32 Å². The molecule has 0 aliphatic heterocycles. The van der Waals surface area contributed by atoms with Gasteiger partial charge in [0.05, 0.1) is 5.56 Å². The van der Waals surface area contributed by atoms with E-state index < -0.39 is 12.1 Å². The molecule has 0 saturated carbocycles. The van der Waals surface area contributed by atoms with Crippen molar-refractivity contribution >= 4 is 29.2 Å². The summed E-state index contributed by atoms with van der Waals surface area (Å²) in [5, 5.41) is 2.82. The summed E-state index contributed by atoms with van der Waals surface area (Å²) in [7, 11) is 0. The van der Waals surface area contributed by atoms with Gasteiger partial charge in [0.25, 0.3) is 5.91 Å². The average molecular weight is 333 g/mol. The van der Waals surface area contributed by atoms with E-state index in [9.17, 15) is 9.59 Å². The Morgan fingerprint density at radius 3 is 2.65 bits per heavy atom. The van der Waals surface area contributed by atoms with Gasteiger partial charge in [0.15, 0.2) is 6.10 Å². The molecule has 0 fully saturated rings. The number of pyridine rings is 1. The highest BCUT2D eigenvalue weighted by atomic mass is 35.5. The predicted octanol–water partition coefficient (Wildman–Crippen LogP) is 3.62. The predicted molar refractivity (Wildman–Crippen MR) is 88.6 cm³/mol. The number of aromatic nitrogens is 1. The Labute approximate surface area is 139 Å². The number of hydrogen-bond acceptors (Lipinski definition) is 4. The Balaban J connectivity index is 2.08. The van der Waals surface area contributed by atoms with E-state index in [1.165, 1.54) is 12.3 Å². The van der Waals surface area contributed by atoms with E-state index in [-0.39, 0.29) is 16.6 Å². The third kappa shape index (κ3) is 4.29. The van der Waals surface area contributed by atoms with Crippen molar-refractivity contribution in [3.63, 3.8) is 0 Å². The van der Waals surface area contributed by atoms with Crippen LogP contribution >= 0.6 is 11.6 Å². The van der Waals surface area contributed by atoms with Crippen LogP contribution in [0.4, 0.5) is 5.69 Å². The van der Waals surface area contributed by atoms with Crippen molar-refractivity contribution in [2.75, 3.05) is 5.32 Å². The van der Waals surface area contributed by atoms with Crippen LogP contribution in [-0.2, 0) is 9.53 Å². The standard InChI is InChI=1S/C17H17ClN2O3/c1-3-14(16(21)20-13-9-5-4-7-11(13)2)23-17(22)12-8-6-10-19-15(12)18/h4-10,14H,3H2,1-2H3,(H,20,21). The molecule has 0 bridgehead atoms. The van der Waals surface area contributed by atoms with Crippen molar-refractivity contribution in [2.45, 2.75) is 26.4 Å². The molecule has 0 saturated heterocycles. The van der Waals surface area contributed by atoms with Crippen molar-refractivity contribution in [3.05, 3.63) is 58.9 Å². The van der Waals surface area contributed by atoms with Gasteiger partial charge >= 0.3 is 5.97 Å². The van der Waals surface area contributed by atoms with E-state index in [0.717, 1.165) is 5.56 Å². The van der Waals surface area contributed by atoms with Crippen LogP contribution in [-0.4, -0.2) is 23.0 Å². The van der Waals surface area contributed by atoms with Crippen LogP contribution in [0.25, 0.3) is 0 Å². The molecule has 1 N–H and O–H groups in total. The number of amides is 1. The minimum atomic E-state index is -0.904. The van der Waals surface area contributed by atoms with E-state index in [0.29, 0.717) is 12.1 Å². The van der Waals surface area contributed by atoms with Gasteiger partial charge in [-0.1, -0.05) is 36.7 Å². The molecule has 1 heterocycles. The summed E-state index contributed by atoms with van der Waals surface area (Å²) in [5.41, 5.74) is 1.75. The fourth-order valence-electron chi connectivity index (χ4n) is 1.98. The Morgan fingerprint density at radius 1 is 1.26 bits per heavy atom. The molecule has 0 aliphatic carbocycles. The first-order chi connectivity index (χ1) is 11.0. The molecule has 0 spiro atoms. The van der Waals surface area contributed by atoms with Gasteiger partial charge in [-0.15, -0.1) is 0 Å². The Kier molecular flexibility index (Phi) is 5.71. The molecule has 2 rings (SSSR count). The second-order valence-electron chi connectivity index (χ2n) is 4.95. The third-order valence-electron chi connectivity index (χ3n) is 3.29. The van der Waals surface area contributed by atoms with Gasteiger partial charge in [-0.05, 0) is 37.1 Å². The number of halogens is 1. The monoisotopic (exact) mass is 332 g/mol. The molecule has 120 valence electrons. The van der Waals surface area contributed by atoms with E-state index in [4.69, 9.17) is 16.3 Å². The van der Waals surface area contributed by atoms with Crippen LogP contribution in [0.15, 0.2) is 42.6 Å². The highest BCUT2D eigenvalue weighted by Gasteiger charge is 2.23. The highest BCUT2D eigenvalue weighted by Crippen LogP contribution is 2.17. The molecule has 2 aromatic rings. The second kappa shape index (κ2) is 7.74. The topological polar surface area (TPSA) is 68.3 Å². The van der Waals surface area contributed by atoms with Crippen LogP contribution in [0.1, 0.15) is 29.3 Å². The zero-order valence-corrected chi connectivity index (χ0v) is 13.6.